The second-order valence-corrected chi connectivity index (χ2v) is 0.854. The zero-order valence-corrected chi connectivity index (χ0v) is 3.41. The Labute approximate surface area is 37.2 Å². The zero-order valence-electron chi connectivity index (χ0n) is 3.41. The summed E-state index contributed by atoms with van der Waals surface area (Å²) < 4.78 is 0. The van der Waals surface area contributed by atoms with E-state index in [1.54, 1.807) is 0 Å². The summed E-state index contributed by atoms with van der Waals surface area (Å²) >= 11 is 0. The molecule has 6 heavy (non-hydrogen) atoms. The molecule has 2 nitrogen and oxygen atoms in total. The van der Waals surface area contributed by atoms with Crippen molar-refractivity contribution in [1.82, 2.24) is 0 Å². The van der Waals surface area contributed by atoms with Crippen LogP contribution in [0, 0.1) is 10.8 Å². The Balaban J connectivity index is 2.66. The first-order valence-electron chi connectivity index (χ1n) is 1.71. The lowest BCUT2D eigenvalue weighted by Crippen LogP contribution is -1.72. The fourth-order valence-corrected chi connectivity index (χ4v) is 0.125. The second kappa shape index (κ2) is 4.34. The molecule has 32 valence electrons. The summed E-state index contributed by atoms with van der Waals surface area (Å²) in [6.45, 7) is 0. The predicted octanol–water partition coefficient (Wildman–Crippen LogP) is 0.820. The molecule has 2 N–H and O–H groups in total. The van der Waals surface area contributed by atoms with Crippen molar-refractivity contribution < 1.29 is 0 Å². The van der Waals surface area contributed by atoms with Gasteiger partial charge < -0.3 is 10.8 Å². The van der Waals surface area contributed by atoms with E-state index in [0.717, 1.165) is 0 Å². The molecule has 2 radical (unpaired) electrons. The van der Waals surface area contributed by atoms with Gasteiger partial charge in [-0.3, -0.25) is 0 Å². The number of nitrogens with one attached hydrogen (secondary N) is 2. The third-order valence-electron chi connectivity index (χ3n) is 0.375. The Morgan fingerprint density at radius 3 is 1.50 bits per heavy atom. The normalized spacial score (nSPS) is 7.33. The molecular weight excluding hydrogens is 76.1 g/mol. The minimum Gasteiger partial charge on any atom is -0.303 e. The van der Waals surface area contributed by atoms with Crippen LogP contribution in [0.15, 0.2) is 0 Å². The van der Waals surface area contributed by atoms with Crippen molar-refractivity contribution in [3.05, 3.63) is 0 Å². The summed E-state index contributed by atoms with van der Waals surface area (Å²) in [5, 5.41) is 12.7. The van der Waals surface area contributed by atoms with Gasteiger partial charge in [0.05, 0.1) is 12.4 Å². The molecule has 0 spiro atoms. The standard InChI is InChI=1S/C4H6N2/c5-3-1-2-4-6/h5-6H,1-2H2. The molecule has 0 aliphatic carbocycles. The summed E-state index contributed by atoms with van der Waals surface area (Å²) in [4.78, 5) is 0. The van der Waals surface area contributed by atoms with Crippen molar-refractivity contribution in [3.63, 3.8) is 0 Å². The van der Waals surface area contributed by atoms with Crippen LogP contribution in [0.1, 0.15) is 12.8 Å². The molecule has 0 fully saturated rings. The van der Waals surface area contributed by atoms with Gasteiger partial charge in [0, 0.05) is 0 Å². The molecule has 0 saturated heterocycles. The maximum atomic E-state index is 6.33. The van der Waals surface area contributed by atoms with Crippen molar-refractivity contribution in [1.29, 1.82) is 10.8 Å². The van der Waals surface area contributed by atoms with Crippen LogP contribution in [-0.2, 0) is 0 Å². The van der Waals surface area contributed by atoms with Gasteiger partial charge in [0.25, 0.3) is 0 Å². The third kappa shape index (κ3) is 3.34. The lowest BCUT2D eigenvalue weighted by atomic mass is 10.4. The lowest BCUT2D eigenvalue weighted by molar-refractivity contribution is 1.17. The first-order chi connectivity index (χ1) is 2.91. The fraction of sp³-hybridized carbons (Fsp3) is 0.500. The summed E-state index contributed by atoms with van der Waals surface area (Å²) in [6.07, 6.45) is 5.33. The Kier molecular flexibility index (Phi) is 3.86. The number of unbranched alkanes of at least 4 members (excludes halogenated alkanes) is 1. The minimum atomic E-state index is 0.531. The van der Waals surface area contributed by atoms with Crippen molar-refractivity contribution in [2.45, 2.75) is 12.8 Å². The first-order valence-corrected chi connectivity index (χ1v) is 1.71. The molecule has 0 aromatic rings. The van der Waals surface area contributed by atoms with E-state index in [1.165, 1.54) is 0 Å². The van der Waals surface area contributed by atoms with Crippen molar-refractivity contribution >= 4 is 12.4 Å². The molecule has 0 bridgehead atoms. The van der Waals surface area contributed by atoms with E-state index in [-0.39, 0.29) is 0 Å². The monoisotopic (exact) mass is 82.1 g/mol. The first kappa shape index (κ1) is 5.34. The highest BCUT2D eigenvalue weighted by Crippen LogP contribution is 1.73. The maximum absolute atomic E-state index is 6.33. The lowest BCUT2D eigenvalue weighted by Gasteiger charge is -1.71. The summed E-state index contributed by atoms with van der Waals surface area (Å²) in [5.41, 5.74) is 0. The van der Waals surface area contributed by atoms with Crippen molar-refractivity contribution in [3.8, 4) is 0 Å². The van der Waals surface area contributed by atoms with E-state index in [1.807, 2.05) is 0 Å². The Hall–Kier alpha value is -0.660. The molecule has 0 aromatic heterocycles. The SMILES string of the molecule is N=[C]CC[C]=N. The Morgan fingerprint density at radius 1 is 1.00 bits per heavy atom. The zero-order chi connectivity index (χ0) is 4.83. The van der Waals surface area contributed by atoms with Gasteiger partial charge in [0.2, 0.25) is 0 Å². The van der Waals surface area contributed by atoms with E-state index in [2.05, 4.69) is 12.4 Å². The van der Waals surface area contributed by atoms with E-state index < -0.39 is 0 Å². The van der Waals surface area contributed by atoms with Crippen LogP contribution in [0.5, 0.6) is 0 Å². The van der Waals surface area contributed by atoms with Crippen LogP contribution in [0.25, 0.3) is 0 Å². The molecule has 0 unspecified atom stereocenters. The maximum Gasteiger partial charge on any atom is 0.0525 e. The fourth-order valence-electron chi connectivity index (χ4n) is 0.125. The van der Waals surface area contributed by atoms with E-state index in [0.29, 0.717) is 12.8 Å². The van der Waals surface area contributed by atoms with Crippen LogP contribution >= 0.6 is 0 Å². The topological polar surface area (TPSA) is 47.7 Å². The number of hydrogen-bond donors (Lipinski definition) is 2. The summed E-state index contributed by atoms with van der Waals surface area (Å²) in [7, 11) is 0. The average Bonchev–Trinajstić information content (AvgIpc) is 1.61. The van der Waals surface area contributed by atoms with Crippen LogP contribution in [0.2, 0.25) is 0 Å². The Morgan fingerprint density at radius 2 is 1.33 bits per heavy atom. The average molecular weight is 82.1 g/mol. The van der Waals surface area contributed by atoms with Gasteiger partial charge in [-0.2, -0.15) is 0 Å². The van der Waals surface area contributed by atoms with Gasteiger partial charge in [-0.05, 0) is 12.8 Å². The number of hydrogen-bond acceptors (Lipinski definition) is 2. The molecule has 0 aliphatic heterocycles. The van der Waals surface area contributed by atoms with E-state index >= 15 is 0 Å². The highest BCUT2D eigenvalue weighted by Gasteiger charge is 1.71. The molecule has 0 amide bonds. The highest BCUT2D eigenvalue weighted by molar-refractivity contribution is 5.61. The minimum absolute atomic E-state index is 0.531. The molecule has 0 aliphatic rings. The van der Waals surface area contributed by atoms with Crippen LogP contribution < -0.4 is 0 Å². The Bertz CT molecular complexity index is 41.5. The summed E-state index contributed by atoms with van der Waals surface area (Å²) in [5.74, 6) is 0. The number of rotatable bonds is 3. The smallest absolute Gasteiger partial charge is 0.0525 e. The van der Waals surface area contributed by atoms with Gasteiger partial charge in [0.1, 0.15) is 0 Å². The molecule has 0 rings (SSSR count). The molecule has 0 aromatic carbocycles. The van der Waals surface area contributed by atoms with Gasteiger partial charge in [-0.1, -0.05) is 0 Å². The van der Waals surface area contributed by atoms with Crippen molar-refractivity contribution in [2.24, 2.45) is 0 Å². The third-order valence-corrected chi connectivity index (χ3v) is 0.375. The van der Waals surface area contributed by atoms with Crippen LogP contribution in [-0.4, -0.2) is 12.4 Å². The van der Waals surface area contributed by atoms with Crippen molar-refractivity contribution in [2.75, 3.05) is 0 Å². The highest BCUT2D eigenvalue weighted by atomic mass is 14.3. The molecule has 0 heterocycles. The van der Waals surface area contributed by atoms with Crippen LogP contribution in [0.4, 0.5) is 0 Å². The molecule has 0 atom stereocenters. The molecule has 0 saturated carbocycles. The van der Waals surface area contributed by atoms with Gasteiger partial charge in [-0.25, -0.2) is 0 Å². The largest absolute Gasteiger partial charge is 0.303 e. The predicted molar refractivity (Wildman–Crippen MR) is 24.7 cm³/mol. The van der Waals surface area contributed by atoms with E-state index in [9.17, 15) is 0 Å². The van der Waals surface area contributed by atoms with Crippen LogP contribution in [0.3, 0.4) is 0 Å². The van der Waals surface area contributed by atoms with Gasteiger partial charge in [-0.15, -0.1) is 0 Å². The molecular formula is C4H6N2. The quantitative estimate of drug-likeness (QED) is 0.374. The van der Waals surface area contributed by atoms with Gasteiger partial charge in [0.15, 0.2) is 0 Å². The van der Waals surface area contributed by atoms with Gasteiger partial charge >= 0.3 is 0 Å². The summed E-state index contributed by atoms with van der Waals surface area (Å²) in [6, 6.07) is 0. The second-order valence-electron chi connectivity index (χ2n) is 0.854. The molecule has 2 heteroatoms. The van der Waals surface area contributed by atoms with E-state index in [4.69, 9.17) is 10.8 Å².